The van der Waals surface area contributed by atoms with Gasteiger partial charge in [0.25, 0.3) is 0 Å². The first-order chi connectivity index (χ1) is 32.0. The topological polar surface area (TPSA) is 231 Å². The molecule has 0 aromatic rings. The molecule has 15 nitrogen and oxygen atoms in total. The molecule has 0 saturated carbocycles. The van der Waals surface area contributed by atoms with E-state index in [9.17, 15) is 45.3 Å². The SMILES string of the molecule is CCCCC/C=C/C/C=C/C/C=C/CCCCC(=O)O[C@H](COC(=O)/C=C/C=C/CCCCCCCCCCCCC)CO[C@@H]1O[C@H](CO[C@@H]2O[C@H](CO)[C@H](O)C(O)C2O)[C@H](O)C(O)C1O. The van der Waals surface area contributed by atoms with Crippen LogP contribution < -0.4 is 0 Å². The van der Waals surface area contributed by atoms with Crippen LogP contribution in [0.1, 0.15) is 155 Å². The van der Waals surface area contributed by atoms with Crippen LogP contribution in [0, 0.1) is 0 Å². The molecule has 2 heterocycles. The van der Waals surface area contributed by atoms with Crippen LogP contribution in [-0.2, 0) is 38.0 Å². The van der Waals surface area contributed by atoms with E-state index in [4.69, 9.17) is 28.4 Å². The van der Waals surface area contributed by atoms with Crippen molar-refractivity contribution in [2.24, 2.45) is 0 Å². The third-order valence-corrected chi connectivity index (χ3v) is 11.6. The molecule has 7 N–H and O–H groups in total. The van der Waals surface area contributed by atoms with Gasteiger partial charge < -0.3 is 64.2 Å². The maximum atomic E-state index is 12.9. The second-order valence-electron chi connectivity index (χ2n) is 17.4. The van der Waals surface area contributed by atoms with Gasteiger partial charge in [-0.15, -0.1) is 0 Å². The second-order valence-corrected chi connectivity index (χ2v) is 17.4. The van der Waals surface area contributed by atoms with Crippen molar-refractivity contribution in [3.05, 3.63) is 60.8 Å². The highest BCUT2D eigenvalue weighted by molar-refractivity contribution is 5.82. The Hall–Kier alpha value is -2.80. The minimum atomic E-state index is -1.79. The zero-order chi connectivity index (χ0) is 48.2. The monoisotopic (exact) mass is 939 g/mol. The first kappa shape index (κ1) is 59.3. The lowest BCUT2D eigenvalue weighted by atomic mass is 9.98. The van der Waals surface area contributed by atoms with E-state index >= 15 is 0 Å². The molecule has 2 aliphatic rings. The van der Waals surface area contributed by atoms with Gasteiger partial charge in [0, 0.05) is 12.5 Å². The molecule has 15 heteroatoms. The van der Waals surface area contributed by atoms with Crippen LogP contribution in [-0.4, -0.2) is 142 Å². The standard InChI is InChI=1S/C51H86O15/c1-3-5-7-9-11-13-15-17-19-21-23-25-27-29-31-33-42(53)61-36-39(64-43(54)34-32-30-28-26-24-22-20-18-16-14-12-10-8-6-4-2)37-62-50-49(60)47(58)45(56)41(66-50)38-63-51-48(59)46(57)44(55)40(35-52)65-51/h12,14,18,20,24,26-27,29,31,33,39-41,44-52,55-60H,3-11,13,15-17,19,21-23,25,28,30,32,34-38H2,1-2H3/b14-12+,20-18+,26-24+,29-27+,33-31+/t39-,40-,41-,44+,45+,46?,47?,48?,49?,50-,51-/m1/s1. The summed E-state index contributed by atoms with van der Waals surface area (Å²) < 4.78 is 33.3. The number of hydrogen-bond donors (Lipinski definition) is 7. The Morgan fingerprint density at radius 2 is 1.02 bits per heavy atom. The van der Waals surface area contributed by atoms with E-state index in [1.165, 1.54) is 89.5 Å². The number of unbranched alkanes of at least 4 members (excludes halogenated alkanes) is 16. The van der Waals surface area contributed by atoms with E-state index in [1.54, 1.807) is 12.2 Å². The van der Waals surface area contributed by atoms with E-state index in [0.717, 1.165) is 44.9 Å². The van der Waals surface area contributed by atoms with Gasteiger partial charge in [0.05, 0.1) is 19.8 Å². The zero-order valence-corrected chi connectivity index (χ0v) is 39.9. The maximum Gasteiger partial charge on any atom is 0.330 e. The molecule has 0 amide bonds. The van der Waals surface area contributed by atoms with Crippen LogP contribution in [0.15, 0.2) is 60.8 Å². The van der Waals surface area contributed by atoms with E-state index in [0.29, 0.717) is 6.42 Å². The van der Waals surface area contributed by atoms with Gasteiger partial charge in [-0.1, -0.05) is 146 Å². The van der Waals surface area contributed by atoms with Gasteiger partial charge >= 0.3 is 11.9 Å². The minimum absolute atomic E-state index is 0.0947. The number of rotatable bonds is 37. The number of carbonyl (C=O) groups excluding carboxylic acids is 2. The third-order valence-electron chi connectivity index (χ3n) is 11.6. The zero-order valence-electron chi connectivity index (χ0n) is 39.9. The summed E-state index contributed by atoms with van der Waals surface area (Å²) in [5, 5.41) is 72.0. The van der Waals surface area contributed by atoms with E-state index in [2.05, 4.69) is 50.3 Å². The number of esters is 2. The van der Waals surface area contributed by atoms with Gasteiger partial charge in [-0.05, 0) is 57.8 Å². The molecular formula is C51H86O15. The second kappa shape index (κ2) is 38.1. The maximum absolute atomic E-state index is 12.9. The number of allylic oxidation sites excluding steroid dienone is 9. The highest BCUT2D eigenvalue weighted by Crippen LogP contribution is 2.26. The molecule has 11 atom stereocenters. The molecule has 4 unspecified atom stereocenters. The van der Waals surface area contributed by atoms with Gasteiger partial charge in [0.2, 0.25) is 0 Å². The third kappa shape index (κ3) is 26.1. The van der Waals surface area contributed by atoms with Crippen LogP contribution in [0.25, 0.3) is 0 Å². The number of aliphatic hydroxyl groups excluding tert-OH is 7. The molecule has 66 heavy (non-hydrogen) atoms. The molecule has 0 aromatic heterocycles. The van der Waals surface area contributed by atoms with Crippen molar-refractivity contribution in [3.8, 4) is 0 Å². The van der Waals surface area contributed by atoms with Crippen molar-refractivity contribution in [3.63, 3.8) is 0 Å². The van der Waals surface area contributed by atoms with E-state index in [1.807, 2.05) is 6.08 Å². The summed E-state index contributed by atoms with van der Waals surface area (Å²) in [6.45, 7) is 2.38. The summed E-state index contributed by atoms with van der Waals surface area (Å²) in [6, 6.07) is 0. The molecule has 0 aliphatic carbocycles. The molecule has 380 valence electrons. The van der Waals surface area contributed by atoms with Gasteiger partial charge in [-0.2, -0.15) is 0 Å². The summed E-state index contributed by atoms with van der Waals surface area (Å²) in [4.78, 5) is 25.6. The first-order valence-electron chi connectivity index (χ1n) is 24.9. The number of carbonyl (C=O) groups is 2. The Bertz CT molecular complexity index is 1380. The highest BCUT2D eigenvalue weighted by Gasteiger charge is 2.47. The molecule has 0 spiro atoms. The Balaban J connectivity index is 1.88. The lowest BCUT2D eigenvalue weighted by Gasteiger charge is -2.42. The molecule has 0 radical (unpaired) electrons. The van der Waals surface area contributed by atoms with Crippen molar-refractivity contribution in [1.29, 1.82) is 0 Å². The predicted octanol–water partition coefficient (Wildman–Crippen LogP) is 6.49. The summed E-state index contributed by atoms with van der Waals surface area (Å²) in [5.74, 6) is -1.23. The van der Waals surface area contributed by atoms with Gasteiger partial charge in [0.1, 0.15) is 55.4 Å². The Kier molecular flexibility index (Phi) is 34.2. The molecule has 2 saturated heterocycles. The van der Waals surface area contributed by atoms with Crippen molar-refractivity contribution >= 4 is 11.9 Å². The fraction of sp³-hybridized carbons (Fsp3) is 0.765. The Labute approximate surface area is 394 Å². The molecule has 2 aliphatic heterocycles. The normalized spacial score (nSPS) is 26.7. The van der Waals surface area contributed by atoms with Crippen LogP contribution in [0.4, 0.5) is 0 Å². The van der Waals surface area contributed by atoms with Crippen molar-refractivity contribution in [2.75, 3.05) is 26.4 Å². The fourth-order valence-electron chi connectivity index (χ4n) is 7.43. The average Bonchev–Trinajstić information content (AvgIpc) is 3.31. The Morgan fingerprint density at radius 1 is 0.530 bits per heavy atom. The van der Waals surface area contributed by atoms with Gasteiger partial charge in [-0.25, -0.2) is 4.79 Å². The van der Waals surface area contributed by atoms with Crippen LogP contribution in [0.3, 0.4) is 0 Å². The Morgan fingerprint density at radius 3 is 1.62 bits per heavy atom. The average molecular weight is 939 g/mol. The highest BCUT2D eigenvalue weighted by atomic mass is 16.7. The lowest BCUT2D eigenvalue weighted by Crippen LogP contribution is -2.61. The van der Waals surface area contributed by atoms with Crippen molar-refractivity contribution in [2.45, 2.75) is 223 Å². The molecule has 2 fully saturated rings. The first-order valence-corrected chi connectivity index (χ1v) is 24.9. The summed E-state index contributed by atoms with van der Waals surface area (Å²) in [7, 11) is 0. The van der Waals surface area contributed by atoms with Gasteiger partial charge in [0.15, 0.2) is 18.7 Å². The van der Waals surface area contributed by atoms with Crippen LogP contribution in [0.2, 0.25) is 0 Å². The smallest absolute Gasteiger partial charge is 0.330 e. The molecular weight excluding hydrogens is 853 g/mol. The van der Waals surface area contributed by atoms with E-state index < -0.39 is 99.3 Å². The predicted molar refractivity (Wildman–Crippen MR) is 252 cm³/mol. The fourth-order valence-corrected chi connectivity index (χ4v) is 7.43. The van der Waals surface area contributed by atoms with Crippen molar-refractivity contribution < 1.29 is 73.8 Å². The number of ether oxygens (including phenoxy) is 6. The van der Waals surface area contributed by atoms with Crippen LogP contribution >= 0.6 is 0 Å². The minimum Gasteiger partial charge on any atom is -0.458 e. The molecule has 0 aromatic carbocycles. The van der Waals surface area contributed by atoms with Crippen LogP contribution in [0.5, 0.6) is 0 Å². The largest absolute Gasteiger partial charge is 0.458 e. The molecule has 0 bridgehead atoms. The number of aliphatic hydroxyl groups is 7. The summed E-state index contributed by atoms with van der Waals surface area (Å²) >= 11 is 0. The van der Waals surface area contributed by atoms with Gasteiger partial charge in [-0.3, -0.25) is 4.79 Å². The number of hydrogen-bond acceptors (Lipinski definition) is 15. The van der Waals surface area contributed by atoms with Crippen molar-refractivity contribution in [1.82, 2.24) is 0 Å². The quantitative estimate of drug-likeness (QED) is 0.0116. The summed E-state index contributed by atoms with van der Waals surface area (Å²) in [6.07, 6.45) is 26.0. The van der Waals surface area contributed by atoms with E-state index in [-0.39, 0.29) is 13.0 Å². The lowest BCUT2D eigenvalue weighted by molar-refractivity contribution is -0.332. The molecule has 2 rings (SSSR count). The summed E-state index contributed by atoms with van der Waals surface area (Å²) in [5.41, 5.74) is 0.